The molecule has 0 amide bonds. The molecule has 0 aliphatic rings. The fourth-order valence-corrected chi connectivity index (χ4v) is 1.47. The normalized spacial score (nSPS) is 10.4. The van der Waals surface area contributed by atoms with Crippen molar-refractivity contribution in [3.8, 4) is 17.3 Å². The number of ether oxygens (including phenoxy) is 1. The lowest BCUT2D eigenvalue weighted by molar-refractivity contribution is 0.326. The van der Waals surface area contributed by atoms with Crippen LogP contribution in [0, 0.1) is 11.5 Å². The van der Waals surface area contributed by atoms with Crippen LogP contribution in [0.5, 0.6) is 5.88 Å². The zero-order valence-electron chi connectivity index (χ0n) is 9.79. The second-order valence-electron chi connectivity index (χ2n) is 4.29. The first-order chi connectivity index (χ1) is 7.01. The van der Waals surface area contributed by atoms with E-state index in [4.69, 9.17) is 4.74 Å². The standard InChI is InChI=1S/C12H17NOSi/c1-5-14-12-8-6-7-11(13-12)9-10-15(2,3)4/h6-8H,5H2,1-4H3. The van der Waals surface area contributed by atoms with Crippen molar-refractivity contribution in [1.29, 1.82) is 0 Å². The molecule has 0 aliphatic heterocycles. The average molecular weight is 219 g/mol. The van der Waals surface area contributed by atoms with Gasteiger partial charge in [-0.05, 0) is 13.0 Å². The van der Waals surface area contributed by atoms with Crippen LogP contribution in [0.25, 0.3) is 0 Å². The molecule has 0 unspecified atom stereocenters. The van der Waals surface area contributed by atoms with Crippen molar-refractivity contribution in [2.24, 2.45) is 0 Å². The summed E-state index contributed by atoms with van der Waals surface area (Å²) in [6.07, 6.45) is 0. The SMILES string of the molecule is CCOc1cccc(C#C[Si](C)(C)C)n1. The van der Waals surface area contributed by atoms with Crippen LogP contribution in [0.15, 0.2) is 18.2 Å². The van der Waals surface area contributed by atoms with E-state index in [0.717, 1.165) is 5.69 Å². The topological polar surface area (TPSA) is 22.1 Å². The molecule has 3 heteroatoms. The summed E-state index contributed by atoms with van der Waals surface area (Å²) in [5.41, 5.74) is 4.07. The molecule has 0 saturated heterocycles. The highest BCUT2D eigenvalue weighted by molar-refractivity contribution is 6.83. The Morgan fingerprint density at radius 1 is 1.33 bits per heavy atom. The Kier molecular flexibility index (Phi) is 3.93. The molecule has 0 atom stereocenters. The fraction of sp³-hybridized carbons (Fsp3) is 0.417. The number of pyridine rings is 1. The van der Waals surface area contributed by atoms with Gasteiger partial charge in [0.05, 0.1) is 6.61 Å². The lowest BCUT2D eigenvalue weighted by Gasteiger charge is -2.04. The van der Waals surface area contributed by atoms with Crippen LogP contribution in [0.2, 0.25) is 19.6 Å². The molecule has 1 heterocycles. The molecule has 0 spiro atoms. The summed E-state index contributed by atoms with van der Waals surface area (Å²) >= 11 is 0. The summed E-state index contributed by atoms with van der Waals surface area (Å²) in [6, 6.07) is 5.69. The summed E-state index contributed by atoms with van der Waals surface area (Å²) in [5.74, 6) is 3.76. The Morgan fingerprint density at radius 3 is 2.67 bits per heavy atom. The molecule has 0 bridgehead atoms. The fourth-order valence-electron chi connectivity index (χ4n) is 0.964. The van der Waals surface area contributed by atoms with E-state index < -0.39 is 8.07 Å². The molecule has 2 nitrogen and oxygen atoms in total. The zero-order valence-corrected chi connectivity index (χ0v) is 10.8. The van der Waals surface area contributed by atoms with Gasteiger partial charge in [0.2, 0.25) is 5.88 Å². The Hall–Kier alpha value is -1.27. The molecular weight excluding hydrogens is 202 g/mol. The van der Waals surface area contributed by atoms with Gasteiger partial charge in [-0.1, -0.05) is 31.6 Å². The van der Waals surface area contributed by atoms with Gasteiger partial charge in [-0.15, -0.1) is 5.54 Å². The van der Waals surface area contributed by atoms with Crippen LogP contribution in [-0.4, -0.2) is 19.7 Å². The first-order valence-electron chi connectivity index (χ1n) is 5.14. The molecule has 1 aromatic rings. The summed E-state index contributed by atoms with van der Waals surface area (Å²) in [5, 5.41) is 0. The summed E-state index contributed by atoms with van der Waals surface area (Å²) < 4.78 is 5.31. The highest BCUT2D eigenvalue weighted by Gasteiger charge is 2.07. The molecule has 1 aromatic heterocycles. The van der Waals surface area contributed by atoms with Crippen molar-refractivity contribution in [2.75, 3.05) is 6.61 Å². The predicted molar refractivity (Wildman–Crippen MR) is 65.6 cm³/mol. The van der Waals surface area contributed by atoms with E-state index in [9.17, 15) is 0 Å². The maximum atomic E-state index is 5.31. The van der Waals surface area contributed by atoms with Gasteiger partial charge in [0.25, 0.3) is 0 Å². The van der Waals surface area contributed by atoms with Gasteiger partial charge < -0.3 is 4.74 Å². The molecule has 0 aromatic carbocycles. The van der Waals surface area contributed by atoms with Crippen molar-refractivity contribution in [2.45, 2.75) is 26.6 Å². The maximum Gasteiger partial charge on any atom is 0.214 e. The van der Waals surface area contributed by atoms with Crippen LogP contribution >= 0.6 is 0 Å². The Labute approximate surface area is 92.7 Å². The molecule has 0 radical (unpaired) electrons. The van der Waals surface area contributed by atoms with Gasteiger partial charge in [0.1, 0.15) is 13.8 Å². The van der Waals surface area contributed by atoms with Crippen molar-refractivity contribution in [3.05, 3.63) is 23.9 Å². The van der Waals surface area contributed by atoms with Gasteiger partial charge in [-0.3, -0.25) is 0 Å². The van der Waals surface area contributed by atoms with E-state index in [-0.39, 0.29) is 0 Å². The van der Waals surface area contributed by atoms with E-state index in [0.29, 0.717) is 12.5 Å². The van der Waals surface area contributed by atoms with E-state index in [1.54, 1.807) is 0 Å². The minimum Gasteiger partial charge on any atom is -0.478 e. The summed E-state index contributed by atoms with van der Waals surface area (Å²) in [7, 11) is -1.32. The van der Waals surface area contributed by atoms with Crippen molar-refractivity contribution in [1.82, 2.24) is 4.98 Å². The third-order valence-corrected chi connectivity index (χ3v) is 2.46. The van der Waals surface area contributed by atoms with Gasteiger partial charge in [-0.2, -0.15) is 0 Å². The number of aromatic nitrogens is 1. The molecule has 0 fully saturated rings. The van der Waals surface area contributed by atoms with Crippen LogP contribution in [0.3, 0.4) is 0 Å². The number of rotatable bonds is 2. The highest BCUT2D eigenvalue weighted by Crippen LogP contribution is 2.07. The third-order valence-electron chi connectivity index (χ3n) is 1.58. The molecule has 0 saturated carbocycles. The summed E-state index contributed by atoms with van der Waals surface area (Å²) in [4.78, 5) is 4.29. The van der Waals surface area contributed by atoms with Crippen molar-refractivity contribution < 1.29 is 4.74 Å². The first kappa shape index (κ1) is 11.8. The van der Waals surface area contributed by atoms with Gasteiger partial charge in [-0.25, -0.2) is 4.98 Å². The number of hydrogen-bond acceptors (Lipinski definition) is 2. The molecule has 0 N–H and O–H groups in total. The van der Waals surface area contributed by atoms with E-state index in [1.165, 1.54) is 0 Å². The maximum absolute atomic E-state index is 5.31. The van der Waals surface area contributed by atoms with Gasteiger partial charge in [0.15, 0.2) is 0 Å². The lowest BCUT2D eigenvalue weighted by Crippen LogP contribution is -2.16. The van der Waals surface area contributed by atoms with Crippen LogP contribution in [0.1, 0.15) is 12.6 Å². The lowest BCUT2D eigenvalue weighted by atomic mass is 10.4. The second-order valence-corrected chi connectivity index (χ2v) is 9.04. The largest absolute Gasteiger partial charge is 0.478 e. The number of hydrogen-bond donors (Lipinski definition) is 0. The van der Waals surface area contributed by atoms with Crippen LogP contribution in [0.4, 0.5) is 0 Å². The Morgan fingerprint density at radius 2 is 2.07 bits per heavy atom. The zero-order chi connectivity index (χ0) is 11.3. The highest BCUT2D eigenvalue weighted by atomic mass is 28.3. The molecule has 15 heavy (non-hydrogen) atoms. The first-order valence-corrected chi connectivity index (χ1v) is 8.64. The smallest absolute Gasteiger partial charge is 0.214 e. The van der Waals surface area contributed by atoms with Crippen LogP contribution in [-0.2, 0) is 0 Å². The Bertz CT molecular complexity index is 385. The molecular formula is C12H17NOSi. The quantitative estimate of drug-likeness (QED) is 0.563. The Balaban J connectivity index is 2.85. The number of nitrogens with zero attached hydrogens (tertiary/aromatic N) is 1. The minimum atomic E-state index is -1.32. The van der Waals surface area contributed by atoms with Crippen molar-refractivity contribution in [3.63, 3.8) is 0 Å². The molecule has 0 aliphatic carbocycles. The summed E-state index contributed by atoms with van der Waals surface area (Å²) in [6.45, 7) is 9.23. The second kappa shape index (κ2) is 4.99. The predicted octanol–water partition coefficient (Wildman–Crippen LogP) is 2.71. The van der Waals surface area contributed by atoms with Crippen LogP contribution < -0.4 is 4.74 Å². The van der Waals surface area contributed by atoms with Gasteiger partial charge in [0, 0.05) is 6.07 Å². The van der Waals surface area contributed by atoms with Gasteiger partial charge >= 0.3 is 0 Å². The molecule has 80 valence electrons. The van der Waals surface area contributed by atoms with E-state index in [1.807, 2.05) is 25.1 Å². The van der Waals surface area contributed by atoms with E-state index in [2.05, 4.69) is 36.1 Å². The van der Waals surface area contributed by atoms with Crippen molar-refractivity contribution >= 4 is 8.07 Å². The average Bonchev–Trinajstić information content (AvgIpc) is 2.15. The third kappa shape index (κ3) is 4.66. The minimum absolute atomic E-state index is 0.637. The van der Waals surface area contributed by atoms with E-state index >= 15 is 0 Å². The monoisotopic (exact) mass is 219 g/mol. The molecule has 1 rings (SSSR count).